The first-order valence-corrected chi connectivity index (χ1v) is 15.2. The van der Waals surface area contributed by atoms with Crippen LogP contribution in [-0.4, -0.2) is 67.5 Å². The highest BCUT2D eigenvalue weighted by atomic mass is 32.1. The molecule has 41 heavy (non-hydrogen) atoms. The van der Waals surface area contributed by atoms with Gasteiger partial charge >= 0.3 is 0 Å². The normalized spacial score (nSPS) is 26.7. The predicted molar refractivity (Wildman–Crippen MR) is 167 cm³/mol. The fourth-order valence-corrected chi connectivity index (χ4v) is 9.17. The molecule has 3 aromatic heterocycles. The van der Waals surface area contributed by atoms with Gasteiger partial charge in [-0.25, -0.2) is 9.97 Å². The van der Waals surface area contributed by atoms with Crippen LogP contribution in [0.5, 0.6) is 0 Å². The molecule has 9 rings (SSSR count). The zero-order valence-electron chi connectivity index (χ0n) is 23.6. The Hall–Kier alpha value is -3.54. The van der Waals surface area contributed by atoms with Crippen LogP contribution in [-0.2, 0) is 5.54 Å². The van der Waals surface area contributed by atoms with Crippen molar-refractivity contribution in [1.29, 1.82) is 0 Å². The van der Waals surface area contributed by atoms with E-state index in [0.29, 0.717) is 16.6 Å². The minimum Gasteiger partial charge on any atom is -0.383 e. The summed E-state index contributed by atoms with van der Waals surface area (Å²) in [7, 11) is 2.21. The van der Waals surface area contributed by atoms with Crippen LogP contribution in [0.2, 0.25) is 0 Å². The number of aromatic nitrogens is 4. The third-order valence-electron chi connectivity index (χ3n) is 10.8. The number of terminal acetylenes is 1. The van der Waals surface area contributed by atoms with E-state index >= 15 is 0 Å². The van der Waals surface area contributed by atoms with Gasteiger partial charge in [-0.05, 0) is 63.1 Å². The predicted octanol–water partition coefficient (Wildman–Crippen LogP) is 5.22. The maximum atomic E-state index is 6.56. The average molecular weight is 562 g/mol. The van der Waals surface area contributed by atoms with Gasteiger partial charge in [0.2, 0.25) is 0 Å². The van der Waals surface area contributed by atoms with Crippen LogP contribution in [0, 0.1) is 23.2 Å². The minimum absolute atomic E-state index is 0.0794. The average Bonchev–Trinajstić information content (AvgIpc) is 3.31. The fourth-order valence-electron chi connectivity index (χ4n) is 8.74. The molecule has 2 saturated heterocycles. The van der Waals surface area contributed by atoms with Crippen LogP contribution >= 0.6 is 12.2 Å². The summed E-state index contributed by atoms with van der Waals surface area (Å²) in [5, 5.41) is 1.90. The Morgan fingerprint density at radius 1 is 1.02 bits per heavy atom. The number of fused-ring (bicyclic) bond motifs is 5. The molecule has 2 N–H and O–H groups in total. The number of para-hydroxylation sites is 1. The monoisotopic (exact) mass is 561 g/mol. The number of hydrogen-bond acceptors (Lipinski definition) is 6. The number of pyridine rings is 1. The van der Waals surface area contributed by atoms with Gasteiger partial charge < -0.3 is 20.1 Å². The zero-order valence-corrected chi connectivity index (χ0v) is 24.4. The molecule has 7 nitrogen and oxygen atoms in total. The molecular weight excluding hydrogens is 526 g/mol. The first-order valence-electron chi connectivity index (χ1n) is 14.8. The van der Waals surface area contributed by atoms with E-state index in [0.717, 1.165) is 96.8 Å². The second-order valence-corrected chi connectivity index (χ2v) is 13.9. The fraction of sp³-hybridized carbons (Fsp3) is 0.455. The molecule has 0 unspecified atom stereocenters. The maximum absolute atomic E-state index is 6.56. The van der Waals surface area contributed by atoms with Gasteiger partial charge in [-0.1, -0.05) is 36.3 Å². The lowest BCUT2D eigenvalue weighted by Gasteiger charge is -2.61. The van der Waals surface area contributed by atoms with Crippen LogP contribution < -0.4 is 5.73 Å². The van der Waals surface area contributed by atoms with Crippen molar-refractivity contribution in [2.24, 2.45) is 10.8 Å². The van der Waals surface area contributed by atoms with E-state index in [2.05, 4.69) is 44.5 Å². The molecule has 8 heteroatoms. The molecule has 3 aliphatic carbocycles. The van der Waals surface area contributed by atoms with Crippen molar-refractivity contribution in [3.8, 4) is 23.5 Å². The van der Waals surface area contributed by atoms with Gasteiger partial charge in [-0.15, -0.1) is 6.42 Å². The van der Waals surface area contributed by atoms with E-state index in [-0.39, 0.29) is 5.54 Å². The zero-order chi connectivity index (χ0) is 28.0. The Morgan fingerprint density at radius 2 is 1.76 bits per heavy atom. The van der Waals surface area contributed by atoms with E-state index in [1.807, 2.05) is 24.4 Å². The van der Waals surface area contributed by atoms with Gasteiger partial charge in [0.25, 0.3) is 0 Å². The molecule has 5 aliphatic rings. The number of rotatable bonds is 4. The smallest absolute Gasteiger partial charge is 0.147 e. The van der Waals surface area contributed by atoms with Gasteiger partial charge in [0.1, 0.15) is 23.5 Å². The van der Waals surface area contributed by atoms with Crippen LogP contribution in [0.15, 0.2) is 42.9 Å². The number of nitrogens with two attached hydrogens (primary N) is 1. The first-order chi connectivity index (χ1) is 19.8. The third-order valence-corrected chi connectivity index (χ3v) is 11.2. The minimum atomic E-state index is -0.0794. The Morgan fingerprint density at radius 3 is 2.46 bits per heavy atom. The van der Waals surface area contributed by atoms with E-state index in [1.54, 1.807) is 6.33 Å². The van der Waals surface area contributed by atoms with Crippen molar-refractivity contribution >= 4 is 45.0 Å². The Balaban J connectivity index is 1.13. The number of benzene rings is 1. The number of nitrogens with zero attached hydrogens (tertiary/aromatic N) is 6. The molecular formula is C33H35N7S. The molecule has 2 bridgehead atoms. The molecule has 2 aliphatic heterocycles. The number of nitrogen functional groups attached to an aromatic ring is 1. The van der Waals surface area contributed by atoms with Crippen LogP contribution in [0.25, 0.3) is 33.1 Å². The summed E-state index contributed by atoms with van der Waals surface area (Å²) in [6, 6.07) is 10.3. The quantitative estimate of drug-likeness (QED) is 0.270. The topological polar surface area (TPSA) is 76.1 Å². The largest absolute Gasteiger partial charge is 0.383 e. The van der Waals surface area contributed by atoms with Gasteiger partial charge in [0.05, 0.1) is 15.9 Å². The summed E-state index contributed by atoms with van der Waals surface area (Å²) in [6.45, 7) is 4.72. The number of anilines is 1. The maximum Gasteiger partial charge on any atom is 0.147 e. The van der Waals surface area contributed by atoms with E-state index in [4.69, 9.17) is 34.3 Å². The van der Waals surface area contributed by atoms with Crippen molar-refractivity contribution in [3.63, 3.8) is 0 Å². The summed E-state index contributed by atoms with van der Waals surface area (Å²) in [5.74, 6) is 3.54. The Labute approximate surface area is 246 Å². The third kappa shape index (κ3) is 3.68. The Kier molecular flexibility index (Phi) is 5.37. The number of hydrogen-bond donors (Lipinski definition) is 1. The molecule has 0 radical (unpaired) electrons. The molecule has 0 amide bonds. The Bertz CT molecular complexity index is 1740. The number of thiocarbonyl (C=S) groups is 1. The van der Waals surface area contributed by atoms with Crippen LogP contribution in [0.1, 0.15) is 50.6 Å². The molecule has 0 atom stereocenters. The highest BCUT2D eigenvalue weighted by Crippen LogP contribution is 2.59. The van der Waals surface area contributed by atoms with E-state index in [9.17, 15) is 0 Å². The molecule has 4 aromatic rings. The van der Waals surface area contributed by atoms with Crippen molar-refractivity contribution in [1.82, 2.24) is 29.3 Å². The molecule has 5 heterocycles. The molecule has 208 valence electrons. The van der Waals surface area contributed by atoms with Crippen molar-refractivity contribution in [2.45, 2.75) is 50.5 Å². The van der Waals surface area contributed by atoms with Gasteiger partial charge in [-0.2, -0.15) is 0 Å². The summed E-state index contributed by atoms with van der Waals surface area (Å²) >= 11 is 6.04. The standard InChI is InChI=1S/C33H35N7S/c1-3-25-27(23-14-22-6-4-5-7-24(22)35-16-23)28-29(34)36-21-37-30(28)40(25)33-11-8-31(9-12-33,10-13-33)15-26(41)39-19-32(20-39)17-38(2)18-32/h1,4-7,14,16,21H,8-13,15,17-20H2,2H3,(H2,34,36,37). The molecule has 1 aromatic carbocycles. The van der Waals surface area contributed by atoms with Crippen molar-refractivity contribution in [2.75, 3.05) is 39.0 Å². The summed E-state index contributed by atoms with van der Waals surface area (Å²) in [4.78, 5) is 20.0. The number of likely N-dealkylation sites (tertiary alicyclic amines) is 2. The van der Waals surface area contributed by atoms with Crippen LogP contribution in [0.3, 0.4) is 0 Å². The van der Waals surface area contributed by atoms with Gasteiger partial charge in [-0.3, -0.25) is 4.98 Å². The second kappa shape index (κ2) is 8.73. The molecule has 5 fully saturated rings. The SMILES string of the molecule is C#Cc1c(-c2cnc3ccccc3c2)c2c(N)ncnc2n1C12CCC(CC(=S)N3CC4(CN(C)C4)C3)(CC1)CC2. The van der Waals surface area contributed by atoms with Gasteiger partial charge in [0, 0.05) is 66.3 Å². The lowest BCUT2D eigenvalue weighted by Crippen LogP contribution is -2.72. The lowest BCUT2D eigenvalue weighted by molar-refractivity contribution is -0.0755. The van der Waals surface area contributed by atoms with Crippen LogP contribution in [0.4, 0.5) is 5.82 Å². The lowest BCUT2D eigenvalue weighted by atomic mass is 9.55. The van der Waals surface area contributed by atoms with E-state index < -0.39 is 0 Å². The molecule has 3 saturated carbocycles. The first kappa shape index (κ1) is 25.2. The molecule has 1 spiro atoms. The highest BCUT2D eigenvalue weighted by Gasteiger charge is 2.54. The van der Waals surface area contributed by atoms with Gasteiger partial charge in [0.15, 0.2) is 0 Å². The van der Waals surface area contributed by atoms with Crippen molar-refractivity contribution < 1.29 is 0 Å². The van der Waals surface area contributed by atoms with Crippen molar-refractivity contribution in [3.05, 3.63) is 48.5 Å². The summed E-state index contributed by atoms with van der Waals surface area (Å²) in [5.41, 5.74) is 11.8. The second-order valence-electron chi connectivity index (χ2n) is 13.4. The summed E-state index contributed by atoms with van der Waals surface area (Å²) < 4.78 is 2.36. The highest BCUT2D eigenvalue weighted by molar-refractivity contribution is 7.80. The van der Waals surface area contributed by atoms with E-state index in [1.165, 1.54) is 18.1 Å². The summed E-state index contributed by atoms with van der Waals surface area (Å²) in [6.07, 6.45) is 17.5.